The van der Waals surface area contributed by atoms with Gasteiger partial charge in [0.25, 0.3) is 0 Å². The average molecular weight is 581 g/mol. The summed E-state index contributed by atoms with van der Waals surface area (Å²) in [5.74, 6) is 1.29. The van der Waals surface area contributed by atoms with Gasteiger partial charge in [-0.1, -0.05) is 30.3 Å². The van der Waals surface area contributed by atoms with E-state index in [0.29, 0.717) is 13.0 Å². The van der Waals surface area contributed by atoms with Crippen LogP contribution in [0, 0.1) is 25.2 Å². The molecule has 2 aliphatic heterocycles. The minimum atomic E-state index is -0.641. The van der Waals surface area contributed by atoms with Crippen molar-refractivity contribution in [3.63, 3.8) is 0 Å². The molecular weight excluding hydrogens is 544 g/mol. The minimum Gasteiger partial charge on any atom is -0.488 e. The molecule has 4 aromatic rings. The Morgan fingerprint density at radius 3 is 2.79 bits per heavy atom. The number of aryl methyl sites for hydroxylation is 1. The molecule has 2 aromatic carbocycles. The fourth-order valence-corrected chi connectivity index (χ4v) is 7.62. The highest BCUT2D eigenvalue weighted by Gasteiger charge is 2.62. The molecule has 0 amide bonds. The number of rotatable bonds is 8. The second-order valence-corrected chi connectivity index (χ2v) is 13.0. The number of hydrogen-bond donors (Lipinski definition) is 1. The Labute approximate surface area is 250 Å². The molecule has 0 spiro atoms. The summed E-state index contributed by atoms with van der Waals surface area (Å²) in [6.07, 6.45) is 2.50. The Kier molecular flexibility index (Phi) is 6.98. The highest BCUT2D eigenvalue weighted by Crippen LogP contribution is 2.58. The van der Waals surface area contributed by atoms with Crippen molar-refractivity contribution < 1.29 is 14.6 Å². The molecular formula is C34H36N4O3S. The lowest BCUT2D eigenvalue weighted by atomic mass is 9.92. The third-order valence-electron chi connectivity index (χ3n) is 9.44. The lowest BCUT2D eigenvalue weighted by Crippen LogP contribution is -2.38. The van der Waals surface area contributed by atoms with Gasteiger partial charge >= 0.3 is 5.97 Å². The lowest BCUT2D eigenvalue weighted by Gasteiger charge is -2.31. The number of aromatic nitrogens is 2. The first-order chi connectivity index (χ1) is 20.4. The number of anilines is 1. The fraction of sp³-hybridized carbons (Fsp3) is 0.382. The second kappa shape index (κ2) is 10.8. The van der Waals surface area contributed by atoms with Gasteiger partial charge in [0.1, 0.15) is 23.2 Å². The fourth-order valence-electron chi connectivity index (χ4n) is 6.81. The summed E-state index contributed by atoms with van der Waals surface area (Å²) in [4.78, 5) is 26.1. The maximum atomic E-state index is 11.7. The van der Waals surface area contributed by atoms with Gasteiger partial charge in [-0.3, -0.25) is 9.69 Å². The van der Waals surface area contributed by atoms with Gasteiger partial charge in [0.15, 0.2) is 0 Å². The van der Waals surface area contributed by atoms with Gasteiger partial charge in [0.05, 0.1) is 17.7 Å². The van der Waals surface area contributed by atoms with Crippen molar-refractivity contribution in [1.82, 2.24) is 14.9 Å². The van der Waals surface area contributed by atoms with E-state index in [-0.39, 0.29) is 5.92 Å². The summed E-state index contributed by atoms with van der Waals surface area (Å²) < 4.78 is 6.46. The van der Waals surface area contributed by atoms with E-state index in [2.05, 4.69) is 52.2 Å². The zero-order valence-corrected chi connectivity index (χ0v) is 25.0. The van der Waals surface area contributed by atoms with E-state index in [4.69, 9.17) is 9.72 Å². The van der Waals surface area contributed by atoms with Crippen LogP contribution in [0.3, 0.4) is 0 Å². The predicted molar refractivity (Wildman–Crippen MR) is 165 cm³/mol. The SMILES string of the molecule is Cc1csc(CN2CCc3c(ccc(COc4ccccc4-c4cccc(N5CC[C@@]6(C(=O)O)C[C@H]6C5)n4)c3C)C2)n1. The van der Waals surface area contributed by atoms with Crippen molar-refractivity contribution in [3.8, 4) is 17.0 Å². The number of carboxylic acids is 1. The number of thiazole rings is 1. The molecule has 7 rings (SSSR count). The maximum Gasteiger partial charge on any atom is 0.310 e. The number of hydrogen-bond acceptors (Lipinski definition) is 7. The van der Waals surface area contributed by atoms with Crippen molar-refractivity contribution in [2.75, 3.05) is 24.5 Å². The van der Waals surface area contributed by atoms with Crippen molar-refractivity contribution in [3.05, 3.63) is 92.9 Å². The first-order valence-corrected chi connectivity index (χ1v) is 15.7. The summed E-state index contributed by atoms with van der Waals surface area (Å²) in [6, 6.07) is 18.7. The number of benzene rings is 2. The van der Waals surface area contributed by atoms with Gasteiger partial charge in [-0.15, -0.1) is 11.3 Å². The third-order valence-corrected chi connectivity index (χ3v) is 10.4. The molecule has 7 nitrogen and oxygen atoms in total. The average Bonchev–Trinajstić information content (AvgIpc) is 3.63. The van der Waals surface area contributed by atoms with E-state index >= 15 is 0 Å². The normalized spacial score (nSPS) is 21.5. The summed E-state index contributed by atoms with van der Waals surface area (Å²) >= 11 is 1.75. The molecule has 3 aliphatic rings. The molecule has 0 unspecified atom stereocenters. The van der Waals surface area contributed by atoms with Gasteiger partial charge in [-0.25, -0.2) is 9.97 Å². The molecule has 8 heteroatoms. The molecule has 4 heterocycles. The number of ether oxygens (including phenoxy) is 1. The summed E-state index contributed by atoms with van der Waals surface area (Å²) in [5.41, 5.74) is 7.84. The van der Waals surface area contributed by atoms with Gasteiger partial charge in [0.2, 0.25) is 0 Å². The van der Waals surface area contributed by atoms with Gasteiger partial charge < -0.3 is 14.7 Å². The molecule has 1 N–H and O–H groups in total. The number of pyridine rings is 1. The molecule has 1 aliphatic carbocycles. The van der Waals surface area contributed by atoms with Crippen molar-refractivity contribution in [1.29, 1.82) is 0 Å². The highest BCUT2D eigenvalue weighted by molar-refractivity contribution is 7.09. The molecule has 2 aromatic heterocycles. The van der Waals surface area contributed by atoms with E-state index in [9.17, 15) is 9.90 Å². The van der Waals surface area contributed by atoms with E-state index < -0.39 is 11.4 Å². The first-order valence-electron chi connectivity index (χ1n) is 14.8. The van der Waals surface area contributed by atoms with Gasteiger partial charge in [-0.05, 0) is 85.5 Å². The molecule has 2 atom stereocenters. The molecule has 1 saturated carbocycles. The van der Waals surface area contributed by atoms with Crippen molar-refractivity contribution in [2.24, 2.45) is 11.3 Å². The van der Waals surface area contributed by atoms with Crippen molar-refractivity contribution >= 4 is 23.1 Å². The molecule has 2 fully saturated rings. The largest absolute Gasteiger partial charge is 0.488 e. The Balaban J connectivity index is 1.04. The molecule has 0 radical (unpaired) electrons. The zero-order chi connectivity index (χ0) is 28.8. The van der Waals surface area contributed by atoms with Crippen LogP contribution in [0.25, 0.3) is 11.3 Å². The summed E-state index contributed by atoms with van der Waals surface area (Å²) in [7, 11) is 0. The quantitative estimate of drug-likeness (QED) is 0.264. The van der Waals surface area contributed by atoms with Crippen LogP contribution in [0.15, 0.2) is 60.0 Å². The van der Waals surface area contributed by atoms with Crippen LogP contribution >= 0.6 is 11.3 Å². The summed E-state index contributed by atoms with van der Waals surface area (Å²) in [5, 5.41) is 13.0. The lowest BCUT2D eigenvalue weighted by molar-refractivity contribution is -0.144. The van der Waals surface area contributed by atoms with Gasteiger partial charge in [-0.2, -0.15) is 0 Å². The number of nitrogens with zero attached hydrogens (tertiary/aromatic N) is 4. The smallest absolute Gasteiger partial charge is 0.310 e. The Morgan fingerprint density at radius 1 is 1.10 bits per heavy atom. The number of carbonyl (C=O) groups is 1. The number of piperidine rings is 1. The van der Waals surface area contributed by atoms with E-state index in [0.717, 1.165) is 74.1 Å². The number of fused-ring (bicyclic) bond motifs is 2. The van der Waals surface area contributed by atoms with E-state index in [1.54, 1.807) is 11.3 Å². The van der Waals surface area contributed by atoms with Crippen LogP contribution < -0.4 is 9.64 Å². The highest BCUT2D eigenvalue weighted by atomic mass is 32.1. The van der Waals surface area contributed by atoms with Crippen LogP contribution in [0.4, 0.5) is 5.82 Å². The standard InChI is InChI=1S/C34H36N4O3S/c1-22-21-42-32(35-22)19-37-14-12-27-23(2)25(11-10-24(27)17-37)20-41-30-8-4-3-6-28(30)29-7-5-9-31(36-29)38-15-13-34(33(39)40)16-26(34)18-38/h3-11,21,26H,12-20H2,1-2H3,(H,39,40)/t26-,34+/m0/s1. The molecule has 42 heavy (non-hydrogen) atoms. The topological polar surface area (TPSA) is 78.8 Å². The molecule has 1 saturated heterocycles. The number of carboxylic acid groups (broad SMARTS) is 1. The van der Waals surface area contributed by atoms with E-state index in [1.807, 2.05) is 36.4 Å². The Hall–Kier alpha value is -3.75. The molecule has 216 valence electrons. The summed E-state index contributed by atoms with van der Waals surface area (Å²) in [6.45, 7) is 9.16. The Morgan fingerprint density at radius 2 is 1.98 bits per heavy atom. The van der Waals surface area contributed by atoms with Crippen LogP contribution in [0.5, 0.6) is 5.75 Å². The maximum absolute atomic E-state index is 11.7. The Bertz CT molecular complexity index is 1650. The third kappa shape index (κ3) is 5.07. The molecule has 0 bridgehead atoms. The first kappa shape index (κ1) is 27.1. The predicted octanol–water partition coefficient (Wildman–Crippen LogP) is 6.26. The van der Waals surface area contributed by atoms with Crippen LogP contribution in [-0.2, 0) is 30.9 Å². The van der Waals surface area contributed by atoms with Crippen LogP contribution in [0.2, 0.25) is 0 Å². The van der Waals surface area contributed by atoms with Gasteiger partial charge in [0, 0.05) is 42.8 Å². The minimum absolute atomic E-state index is 0.218. The second-order valence-electron chi connectivity index (χ2n) is 12.1. The number of para-hydroxylation sites is 1. The number of aliphatic carboxylic acids is 1. The monoisotopic (exact) mass is 580 g/mol. The van der Waals surface area contributed by atoms with Crippen molar-refractivity contribution in [2.45, 2.75) is 52.8 Å². The van der Waals surface area contributed by atoms with E-state index in [1.165, 1.54) is 27.3 Å². The van der Waals surface area contributed by atoms with Crippen LogP contribution in [0.1, 0.15) is 45.8 Å². The zero-order valence-electron chi connectivity index (χ0n) is 24.2. The van der Waals surface area contributed by atoms with Crippen LogP contribution in [-0.4, -0.2) is 45.6 Å².